The Morgan fingerprint density at radius 3 is 2.33 bits per heavy atom. The maximum absolute atomic E-state index is 11.1. The van der Waals surface area contributed by atoms with E-state index < -0.39 is 17.3 Å². The quantitative estimate of drug-likeness (QED) is 0.622. The highest BCUT2D eigenvalue weighted by atomic mass is 16.5. The molecule has 27 heavy (non-hydrogen) atoms. The first-order chi connectivity index (χ1) is 12.7. The molecule has 0 amide bonds. The summed E-state index contributed by atoms with van der Waals surface area (Å²) >= 11 is 0. The number of aliphatic hydroxyl groups is 3. The molecule has 4 aliphatic carbocycles. The van der Waals surface area contributed by atoms with Crippen molar-refractivity contribution in [2.45, 2.75) is 104 Å². The molecule has 4 rings (SSSR count). The van der Waals surface area contributed by atoms with Gasteiger partial charge in [-0.15, -0.1) is 0 Å². The van der Waals surface area contributed by atoms with E-state index >= 15 is 0 Å². The van der Waals surface area contributed by atoms with E-state index in [0.717, 1.165) is 37.0 Å². The van der Waals surface area contributed by atoms with Crippen LogP contribution in [-0.2, 0) is 0 Å². The number of aliphatic hydroxyl groups excluding tert-OH is 1. The lowest BCUT2D eigenvalue weighted by Gasteiger charge is -2.64. The molecule has 0 aromatic rings. The van der Waals surface area contributed by atoms with Crippen molar-refractivity contribution in [3.05, 3.63) is 0 Å². The average Bonchev–Trinajstić information content (AvgIpc) is 2.97. The van der Waals surface area contributed by atoms with Crippen LogP contribution in [0.2, 0.25) is 0 Å². The highest BCUT2D eigenvalue weighted by Gasteiger charge is 2.67. The van der Waals surface area contributed by atoms with Crippen LogP contribution in [0.5, 0.6) is 0 Å². The number of hydrogen-bond donors (Lipinski definition) is 3. The molecule has 0 radical (unpaired) electrons. The molecular formula is C24H42O3. The standard InChI is InChI=1S/C24H42O3/c1-5-6-15(2)18-10-11-19-17-9-7-16-8-12-21(25)24(26,27)23(16,4)20(17)13-14-22(18,19)3/h15-21,25-27H,5-14H2,1-4H3/t15-,16?,17+,18-,19+,20+,21?,22-,23+/m1/s1. The molecule has 3 nitrogen and oxygen atoms in total. The molecule has 4 fully saturated rings. The van der Waals surface area contributed by atoms with Crippen LogP contribution in [0.15, 0.2) is 0 Å². The SMILES string of the molecule is CCC[C@@H](C)[C@H]1CC[C@H]2[C@@H]3CCC4CCC(O)C(O)(O)[C@]4(C)[C@H]3CC[C@]12C. The summed E-state index contributed by atoms with van der Waals surface area (Å²) in [5, 5.41) is 32.6. The van der Waals surface area contributed by atoms with Gasteiger partial charge in [0, 0.05) is 5.41 Å². The van der Waals surface area contributed by atoms with Crippen LogP contribution in [0.4, 0.5) is 0 Å². The first-order valence-corrected chi connectivity index (χ1v) is 11.8. The second-order valence-electron chi connectivity index (χ2n) is 11.2. The summed E-state index contributed by atoms with van der Waals surface area (Å²) in [5.74, 6) is 1.73. The summed E-state index contributed by atoms with van der Waals surface area (Å²) in [6.45, 7) is 9.44. The van der Waals surface area contributed by atoms with Gasteiger partial charge < -0.3 is 15.3 Å². The summed E-state index contributed by atoms with van der Waals surface area (Å²) in [5.41, 5.74) is -0.123. The molecule has 2 unspecified atom stereocenters. The van der Waals surface area contributed by atoms with E-state index in [0.29, 0.717) is 29.6 Å². The Morgan fingerprint density at radius 2 is 1.63 bits per heavy atom. The van der Waals surface area contributed by atoms with Gasteiger partial charge in [-0.1, -0.05) is 40.5 Å². The zero-order chi connectivity index (χ0) is 19.6. The number of rotatable bonds is 3. The molecule has 0 spiro atoms. The molecule has 156 valence electrons. The van der Waals surface area contributed by atoms with Crippen molar-refractivity contribution in [3.8, 4) is 0 Å². The lowest BCUT2D eigenvalue weighted by atomic mass is 9.43. The van der Waals surface area contributed by atoms with Crippen LogP contribution in [0.25, 0.3) is 0 Å². The Morgan fingerprint density at radius 1 is 0.926 bits per heavy atom. The summed E-state index contributed by atoms with van der Waals surface area (Å²) in [4.78, 5) is 0. The Labute approximate surface area is 165 Å². The molecule has 0 aliphatic heterocycles. The molecule has 0 bridgehead atoms. The Kier molecular flexibility index (Phi) is 5.01. The highest BCUT2D eigenvalue weighted by molar-refractivity contribution is 5.13. The Bertz CT molecular complexity index is 560. The molecule has 9 atom stereocenters. The van der Waals surface area contributed by atoms with Gasteiger partial charge >= 0.3 is 0 Å². The minimum Gasteiger partial charge on any atom is -0.387 e. The normalized spacial score (nSPS) is 52.6. The Hall–Kier alpha value is -0.120. The van der Waals surface area contributed by atoms with Gasteiger partial charge in [-0.25, -0.2) is 0 Å². The van der Waals surface area contributed by atoms with Crippen molar-refractivity contribution in [1.82, 2.24) is 0 Å². The van der Waals surface area contributed by atoms with Crippen LogP contribution in [-0.4, -0.2) is 27.2 Å². The topological polar surface area (TPSA) is 60.7 Å². The molecule has 3 heteroatoms. The number of fused-ring (bicyclic) bond motifs is 5. The zero-order valence-electron chi connectivity index (χ0n) is 18.0. The lowest BCUT2D eigenvalue weighted by molar-refractivity contribution is -0.349. The molecule has 3 N–H and O–H groups in total. The molecule has 0 saturated heterocycles. The van der Waals surface area contributed by atoms with E-state index in [-0.39, 0.29) is 0 Å². The van der Waals surface area contributed by atoms with Gasteiger partial charge in [0.05, 0.1) is 0 Å². The van der Waals surface area contributed by atoms with Crippen molar-refractivity contribution in [2.75, 3.05) is 0 Å². The van der Waals surface area contributed by atoms with Gasteiger partial charge in [-0.2, -0.15) is 0 Å². The van der Waals surface area contributed by atoms with Crippen LogP contribution >= 0.6 is 0 Å². The molecule has 0 heterocycles. The third-order valence-corrected chi connectivity index (χ3v) is 10.5. The highest BCUT2D eigenvalue weighted by Crippen LogP contribution is 2.69. The molecule has 0 aromatic heterocycles. The predicted molar refractivity (Wildman–Crippen MR) is 108 cm³/mol. The summed E-state index contributed by atoms with van der Waals surface area (Å²) in [6, 6.07) is 0. The van der Waals surface area contributed by atoms with Gasteiger partial charge in [0.15, 0.2) is 5.79 Å². The Balaban J connectivity index is 1.64. The van der Waals surface area contributed by atoms with Crippen molar-refractivity contribution in [2.24, 2.45) is 46.3 Å². The second kappa shape index (κ2) is 6.71. The number of hydrogen-bond acceptors (Lipinski definition) is 3. The van der Waals surface area contributed by atoms with E-state index in [9.17, 15) is 15.3 Å². The minimum absolute atomic E-state index is 0.345. The third kappa shape index (κ3) is 2.63. The maximum atomic E-state index is 11.1. The zero-order valence-corrected chi connectivity index (χ0v) is 18.0. The maximum Gasteiger partial charge on any atom is 0.195 e. The van der Waals surface area contributed by atoms with Gasteiger partial charge in [-0.05, 0) is 92.3 Å². The summed E-state index contributed by atoms with van der Waals surface area (Å²) in [6.07, 6.45) is 10.5. The van der Waals surface area contributed by atoms with Gasteiger partial charge in [0.2, 0.25) is 0 Å². The smallest absolute Gasteiger partial charge is 0.195 e. The van der Waals surface area contributed by atoms with Crippen LogP contribution < -0.4 is 0 Å². The average molecular weight is 379 g/mol. The van der Waals surface area contributed by atoms with Crippen LogP contribution in [0, 0.1) is 46.3 Å². The monoisotopic (exact) mass is 378 g/mol. The van der Waals surface area contributed by atoms with Gasteiger partial charge in [0.25, 0.3) is 0 Å². The summed E-state index contributed by atoms with van der Waals surface area (Å²) in [7, 11) is 0. The molecular weight excluding hydrogens is 336 g/mol. The molecule has 0 aromatic carbocycles. The van der Waals surface area contributed by atoms with Crippen molar-refractivity contribution in [1.29, 1.82) is 0 Å². The van der Waals surface area contributed by atoms with Crippen molar-refractivity contribution >= 4 is 0 Å². The fourth-order valence-electron chi connectivity index (χ4n) is 9.00. The molecule has 4 saturated carbocycles. The largest absolute Gasteiger partial charge is 0.387 e. The lowest BCUT2D eigenvalue weighted by Crippen LogP contribution is -2.68. The van der Waals surface area contributed by atoms with Crippen molar-refractivity contribution < 1.29 is 15.3 Å². The first-order valence-electron chi connectivity index (χ1n) is 11.8. The van der Waals surface area contributed by atoms with E-state index in [2.05, 4.69) is 27.7 Å². The van der Waals surface area contributed by atoms with Gasteiger partial charge in [-0.3, -0.25) is 0 Å². The fraction of sp³-hybridized carbons (Fsp3) is 1.00. The van der Waals surface area contributed by atoms with E-state index in [1.807, 2.05) is 0 Å². The van der Waals surface area contributed by atoms with E-state index in [1.165, 1.54) is 38.5 Å². The van der Waals surface area contributed by atoms with Crippen LogP contribution in [0.1, 0.15) is 91.9 Å². The van der Waals surface area contributed by atoms with Gasteiger partial charge in [0.1, 0.15) is 6.10 Å². The fourth-order valence-corrected chi connectivity index (χ4v) is 9.00. The summed E-state index contributed by atoms with van der Waals surface area (Å²) < 4.78 is 0. The third-order valence-electron chi connectivity index (χ3n) is 10.5. The van der Waals surface area contributed by atoms with Crippen molar-refractivity contribution in [3.63, 3.8) is 0 Å². The second-order valence-corrected chi connectivity index (χ2v) is 11.2. The van der Waals surface area contributed by atoms with E-state index in [1.54, 1.807) is 0 Å². The predicted octanol–water partition coefficient (Wildman–Crippen LogP) is 4.73. The molecule has 4 aliphatic rings. The van der Waals surface area contributed by atoms with E-state index in [4.69, 9.17) is 0 Å². The minimum atomic E-state index is -1.93. The first kappa shape index (κ1) is 20.2. The van der Waals surface area contributed by atoms with Crippen LogP contribution in [0.3, 0.4) is 0 Å².